The number of carbonyl (C=O) groups is 2. The first kappa shape index (κ1) is 11.3. The molecule has 1 rings (SSSR count). The van der Waals surface area contributed by atoms with E-state index in [-0.39, 0.29) is 12.5 Å². The quantitative estimate of drug-likeness (QED) is 0.398. The summed E-state index contributed by atoms with van der Waals surface area (Å²) < 4.78 is 4.73. The molecule has 80 valence electrons. The monoisotopic (exact) mass is 220 g/mol. The van der Waals surface area contributed by atoms with Crippen molar-refractivity contribution in [3.05, 3.63) is 0 Å². The second kappa shape index (κ2) is 5.17. The summed E-state index contributed by atoms with van der Waals surface area (Å²) in [7, 11) is 0. The summed E-state index contributed by atoms with van der Waals surface area (Å²) in [5.74, 6) is -0.669. The third-order valence-corrected chi connectivity index (χ3v) is 2.20. The van der Waals surface area contributed by atoms with Crippen LogP contribution < -0.4 is 5.32 Å². The van der Waals surface area contributed by atoms with E-state index in [1.165, 1.54) is 4.90 Å². The first-order valence-electron chi connectivity index (χ1n) is 4.47. The average Bonchev–Trinajstić information content (AvgIpc) is 2.13. The minimum Gasteiger partial charge on any atom is -0.465 e. The summed E-state index contributed by atoms with van der Waals surface area (Å²) >= 11 is 5.67. The van der Waals surface area contributed by atoms with Gasteiger partial charge in [-0.3, -0.25) is 14.9 Å². The smallest absolute Gasteiger partial charge is 0.325 e. The van der Waals surface area contributed by atoms with E-state index < -0.39 is 11.5 Å². The molecule has 1 aliphatic heterocycles. The molecule has 14 heavy (non-hydrogen) atoms. The first-order valence-corrected chi connectivity index (χ1v) is 4.90. The fraction of sp³-hybridized carbons (Fsp3) is 0.750. The molecule has 0 saturated carbocycles. The molecule has 0 aromatic rings. The van der Waals surface area contributed by atoms with Crippen LogP contribution in [-0.4, -0.2) is 48.5 Å². The van der Waals surface area contributed by atoms with Crippen LogP contribution in [0.3, 0.4) is 0 Å². The van der Waals surface area contributed by atoms with Crippen molar-refractivity contribution in [2.45, 2.75) is 12.4 Å². The maximum absolute atomic E-state index is 11.4. The van der Waals surface area contributed by atoms with Crippen molar-refractivity contribution in [3.8, 4) is 0 Å². The van der Waals surface area contributed by atoms with Gasteiger partial charge in [-0.2, -0.15) is 0 Å². The number of nitrogens with one attached hydrogen (secondary N) is 1. The molecule has 6 heteroatoms. The van der Waals surface area contributed by atoms with E-state index >= 15 is 0 Å². The van der Waals surface area contributed by atoms with Crippen LogP contribution in [0.1, 0.15) is 6.92 Å². The molecule has 1 amide bonds. The lowest BCUT2D eigenvalue weighted by molar-refractivity contribution is -0.149. The number of carbonyl (C=O) groups excluding carboxylic acids is 2. The maximum Gasteiger partial charge on any atom is 0.325 e. The highest BCUT2D eigenvalue weighted by molar-refractivity contribution is 6.30. The molecule has 1 atom stereocenters. The molecule has 1 N–H and O–H groups in total. The number of alkyl halides is 1. The largest absolute Gasteiger partial charge is 0.465 e. The fourth-order valence-corrected chi connectivity index (χ4v) is 1.45. The fourth-order valence-electron chi connectivity index (χ4n) is 1.20. The summed E-state index contributed by atoms with van der Waals surface area (Å²) in [6.45, 7) is 3.11. The second-order valence-corrected chi connectivity index (χ2v) is 3.32. The highest BCUT2D eigenvalue weighted by Crippen LogP contribution is 2.04. The van der Waals surface area contributed by atoms with E-state index in [1.54, 1.807) is 6.92 Å². The average molecular weight is 221 g/mol. The molecule has 0 aliphatic carbocycles. The number of piperazine rings is 1. The Labute approximate surface area is 87.3 Å². The summed E-state index contributed by atoms with van der Waals surface area (Å²) in [6.07, 6.45) is 0. The summed E-state index contributed by atoms with van der Waals surface area (Å²) in [5, 5.41) is 2.79. The van der Waals surface area contributed by atoms with E-state index in [0.717, 1.165) is 0 Å². The van der Waals surface area contributed by atoms with Crippen LogP contribution in [-0.2, 0) is 14.3 Å². The number of nitrogens with zero attached hydrogens (tertiary/aromatic N) is 1. The van der Waals surface area contributed by atoms with Crippen LogP contribution in [0.15, 0.2) is 0 Å². The normalized spacial score (nSPS) is 22.3. The van der Waals surface area contributed by atoms with Crippen molar-refractivity contribution < 1.29 is 14.3 Å². The molecule has 1 fully saturated rings. The van der Waals surface area contributed by atoms with Crippen LogP contribution in [0, 0.1) is 0 Å². The van der Waals surface area contributed by atoms with Crippen molar-refractivity contribution in [2.24, 2.45) is 0 Å². The molecular formula is C8H13ClN2O3. The minimum absolute atomic E-state index is 0.0163. The lowest BCUT2D eigenvalue weighted by Gasteiger charge is -2.29. The van der Waals surface area contributed by atoms with Crippen molar-refractivity contribution in [1.82, 2.24) is 10.2 Å². The molecule has 5 nitrogen and oxygen atoms in total. The van der Waals surface area contributed by atoms with Gasteiger partial charge in [0.15, 0.2) is 5.50 Å². The topological polar surface area (TPSA) is 58.6 Å². The number of hydrogen-bond acceptors (Lipinski definition) is 4. The van der Waals surface area contributed by atoms with Gasteiger partial charge in [0.25, 0.3) is 5.91 Å². The van der Waals surface area contributed by atoms with E-state index in [9.17, 15) is 9.59 Å². The zero-order valence-electron chi connectivity index (χ0n) is 7.96. The van der Waals surface area contributed by atoms with Gasteiger partial charge in [0.1, 0.15) is 6.54 Å². The minimum atomic E-state index is -0.724. The maximum atomic E-state index is 11.4. The van der Waals surface area contributed by atoms with Gasteiger partial charge in [-0.05, 0) is 6.92 Å². The highest BCUT2D eigenvalue weighted by Gasteiger charge is 2.27. The molecule has 0 bridgehead atoms. The number of halogens is 1. The highest BCUT2D eigenvalue weighted by atomic mass is 35.5. The van der Waals surface area contributed by atoms with E-state index in [4.69, 9.17) is 16.3 Å². The molecule has 0 radical (unpaired) electrons. The lowest BCUT2D eigenvalue weighted by Crippen LogP contribution is -2.54. The van der Waals surface area contributed by atoms with Crippen LogP contribution in [0.4, 0.5) is 0 Å². The number of rotatable bonds is 3. The second-order valence-electron chi connectivity index (χ2n) is 2.88. The van der Waals surface area contributed by atoms with Gasteiger partial charge >= 0.3 is 5.97 Å². The first-order chi connectivity index (χ1) is 6.65. The molecule has 0 aromatic carbocycles. The Hall–Kier alpha value is -0.810. The van der Waals surface area contributed by atoms with Gasteiger partial charge in [0.2, 0.25) is 0 Å². The molecule has 1 saturated heterocycles. The van der Waals surface area contributed by atoms with Crippen molar-refractivity contribution in [2.75, 3.05) is 26.2 Å². The van der Waals surface area contributed by atoms with Gasteiger partial charge < -0.3 is 9.64 Å². The Morgan fingerprint density at radius 3 is 3.14 bits per heavy atom. The van der Waals surface area contributed by atoms with Crippen LogP contribution in [0.5, 0.6) is 0 Å². The summed E-state index contributed by atoms with van der Waals surface area (Å²) in [6, 6.07) is 0. The predicted octanol–water partition coefficient (Wildman–Crippen LogP) is -0.454. The van der Waals surface area contributed by atoms with Gasteiger partial charge in [0.05, 0.1) is 6.61 Å². The van der Waals surface area contributed by atoms with Crippen LogP contribution in [0.25, 0.3) is 0 Å². The predicted molar refractivity (Wildman–Crippen MR) is 50.9 cm³/mol. The van der Waals surface area contributed by atoms with E-state index in [2.05, 4.69) is 5.32 Å². The number of hydrogen-bond donors (Lipinski definition) is 1. The van der Waals surface area contributed by atoms with Gasteiger partial charge in [-0.15, -0.1) is 0 Å². The molecular weight excluding hydrogens is 208 g/mol. The van der Waals surface area contributed by atoms with Crippen molar-refractivity contribution in [3.63, 3.8) is 0 Å². The zero-order chi connectivity index (χ0) is 10.6. The third-order valence-electron chi connectivity index (χ3n) is 1.86. The van der Waals surface area contributed by atoms with Crippen molar-refractivity contribution >= 4 is 23.5 Å². The molecule has 0 spiro atoms. The van der Waals surface area contributed by atoms with E-state index in [0.29, 0.717) is 19.7 Å². The zero-order valence-corrected chi connectivity index (χ0v) is 8.71. The Kier molecular flexibility index (Phi) is 4.16. The Morgan fingerprint density at radius 1 is 1.79 bits per heavy atom. The summed E-state index contributed by atoms with van der Waals surface area (Å²) in [4.78, 5) is 23.9. The van der Waals surface area contributed by atoms with Gasteiger partial charge in [-0.1, -0.05) is 11.6 Å². The molecule has 0 aromatic heterocycles. The van der Waals surface area contributed by atoms with Crippen molar-refractivity contribution in [1.29, 1.82) is 0 Å². The Balaban J connectivity index is 2.43. The number of esters is 1. The molecule has 1 aliphatic rings. The standard InChI is InChI=1S/C8H13ClN2O3/c1-2-14-6(12)5-11-4-3-10-7(9)8(11)13/h7,10H,2-5H2,1H3/t7-/m1/s1. The Morgan fingerprint density at radius 2 is 2.50 bits per heavy atom. The number of ether oxygens (including phenoxy) is 1. The van der Waals surface area contributed by atoms with Gasteiger partial charge in [-0.25, -0.2) is 0 Å². The Bertz CT molecular complexity index is 235. The van der Waals surface area contributed by atoms with E-state index in [1.807, 2.05) is 0 Å². The molecule has 0 unspecified atom stereocenters. The van der Waals surface area contributed by atoms with Gasteiger partial charge in [0, 0.05) is 13.1 Å². The third kappa shape index (κ3) is 2.85. The summed E-state index contributed by atoms with van der Waals surface area (Å²) in [5.41, 5.74) is -0.724. The van der Waals surface area contributed by atoms with Crippen LogP contribution >= 0.6 is 11.6 Å². The lowest BCUT2D eigenvalue weighted by atomic mass is 10.3. The van der Waals surface area contributed by atoms with Crippen LogP contribution in [0.2, 0.25) is 0 Å². The SMILES string of the molecule is CCOC(=O)CN1CCN[C@@H](Cl)C1=O. The molecule has 1 heterocycles. The number of amides is 1.